The van der Waals surface area contributed by atoms with E-state index in [0.717, 1.165) is 16.6 Å². The first-order chi connectivity index (χ1) is 13.7. The molecule has 1 aromatic heterocycles. The van der Waals surface area contributed by atoms with E-state index in [-0.39, 0.29) is 29.8 Å². The Bertz CT molecular complexity index is 1100. The van der Waals surface area contributed by atoms with Gasteiger partial charge >= 0.3 is 5.76 Å². The quantitative estimate of drug-likeness (QED) is 0.484. The number of carbonyl (C=O) groups is 1. The number of fused-ring (bicyclic) bond motifs is 1. The van der Waals surface area contributed by atoms with Gasteiger partial charge in [0.15, 0.2) is 5.58 Å². The number of aromatic nitrogens is 1. The molecule has 0 bridgehead atoms. The average molecular weight is 397 g/mol. The van der Waals surface area contributed by atoms with E-state index in [2.05, 4.69) is 31.3 Å². The fourth-order valence-electron chi connectivity index (χ4n) is 3.25. The first kappa shape index (κ1) is 20.3. The highest BCUT2D eigenvalue weighted by atomic mass is 16.6. The fourth-order valence-corrected chi connectivity index (χ4v) is 3.25. The molecule has 0 saturated carbocycles. The molecule has 0 aliphatic rings. The van der Waals surface area contributed by atoms with Gasteiger partial charge in [0.05, 0.1) is 22.5 Å². The number of amides is 1. The highest BCUT2D eigenvalue weighted by Gasteiger charge is 2.17. The summed E-state index contributed by atoms with van der Waals surface area (Å²) in [5.41, 5.74) is 2.43. The molecular formula is C21H23N3O5. The molecule has 0 aliphatic heterocycles. The molecule has 1 amide bonds. The van der Waals surface area contributed by atoms with Crippen molar-refractivity contribution in [3.8, 4) is 0 Å². The van der Waals surface area contributed by atoms with Crippen LogP contribution in [-0.4, -0.2) is 15.4 Å². The molecule has 152 valence electrons. The molecule has 1 atom stereocenters. The Hall–Kier alpha value is -3.42. The summed E-state index contributed by atoms with van der Waals surface area (Å²) >= 11 is 0. The standard InChI is InChI=1S/C21H23N3O5/c1-13(2)10-15-4-6-16(7-5-15)14(3)22-20(25)12-23-18-9-8-17(24(27)28)11-19(18)29-21(23)26/h4-9,11,13-14H,10,12H2,1-3H3,(H,22,25)/t14-/m0/s1. The molecule has 0 saturated heterocycles. The zero-order valence-corrected chi connectivity index (χ0v) is 16.5. The minimum Gasteiger partial charge on any atom is -0.407 e. The molecule has 2 aromatic carbocycles. The number of carbonyl (C=O) groups excluding carboxylic acids is 1. The Morgan fingerprint density at radius 2 is 1.86 bits per heavy atom. The van der Waals surface area contributed by atoms with Crippen LogP contribution < -0.4 is 11.1 Å². The third-order valence-electron chi connectivity index (χ3n) is 4.67. The Labute approximate surface area is 167 Å². The molecule has 29 heavy (non-hydrogen) atoms. The predicted molar refractivity (Wildman–Crippen MR) is 109 cm³/mol. The second kappa shape index (κ2) is 8.30. The van der Waals surface area contributed by atoms with E-state index in [4.69, 9.17) is 4.42 Å². The van der Waals surface area contributed by atoms with Crippen LogP contribution in [0.2, 0.25) is 0 Å². The van der Waals surface area contributed by atoms with Gasteiger partial charge in [-0.3, -0.25) is 19.5 Å². The fraction of sp³-hybridized carbons (Fsp3) is 0.333. The second-order valence-electron chi connectivity index (χ2n) is 7.49. The van der Waals surface area contributed by atoms with Gasteiger partial charge in [0, 0.05) is 6.07 Å². The van der Waals surface area contributed by atoms with Gasteiger partial charge in [-0.1, -0.05) is 38.1 Å². The van der Waals surface area contributed by atoms with E-state index in [9.17, 15) is 19.7 Å². The second-order valence-corrected chi connectivity index (χ2v) is 7.49. The number of non-ortho nitro benzene ring substituents is 1. The van der Waals surface area contributed by atoms with Gasteiger partial charge in [0.1, 0.15) is 6.54 Å². The molecule has 0 aliphatic carbocycles. The van der Waals surface area contributed by atoms with E-state index < -0.39 is 10.7 Å². The molecule has 0 spiro atoms. The van der Waals surface area contributed by atoms with E-state index in [1.165, 1.54) is 23.8 Å². The number of oxazole rings is 1. The zero-order chi connectivity index (χ0) is 21.1. The SMILES string of the molecule is CC(C)Cc1ccc([C@H](C)NC(=O)Cn2c(=O)oc3cc([N+](=O)[O-])ccc32)cc1. The summed E-state index contributed by atoms with van der Waals surface area (Å²) in [6, 6.07) is 11.7. The van der Waals surface area contributed by atoms with Crippen molar-refractivity contribution in [2.45, 2.75) is 39.8 Å². The Morgan fingerprint density at radius 3 is 2.48 bits per heavy atom. The molecule has 0 fully saturated rings. The summed E-state index contributed by atoms with van der Waals surface area (Å²) in [4.78, 5) is 34.8. The van der Waals surface area contributed by atoms with E-state index in [1.54, 1.807) is 0 Å². The number of nitro groups is 1. The largest absolute Gasteiger partial charge is 0.420 e. The van der Waals surface area contributed by atoms with Crippen molar-refractivity contribution < 1.29 is 14.1 Å². The number of hydrogen-bond acceptors (Lipinski definition) is 5. The lowest BCUT2D eigenvalue weighted by molar-refractivity contribution is -0.384. The molecule has 3 rings (SSSR count). The number of rotatable bonds is 7. The van der Waals surface area contributed by atoms with E-state index in [0.29, 0.717) is 11.4 Å². The van der Waals surface area contributed by atoms with Gasteiger partial charge in [-0.15, -0.1) is 0 Å². The van der Waals surface area contributed by atoms with Gasteiger partial charge in [0.2, 0.25) is 5.91 Å². The summed E-state index contributed by atoms with van der Waals surface area (Å²) in [6.45, 7) is 5.96. The van der Waals surface area contributed by atoms with Gasteiger partial charge in [0.25, 0.3) is 5.69 Å². The van der Waals surface area contributed by atoms with Gasteiger partial charge in [-0.2, -0.15) is 0 Å². The normalized spacial score (nSPS) is 12.3. The minimum atomic E-state index is -0.735. The van der Waals surface area contributed by atoms with Crippen LogP contribution in [-0.2, 0) is 17.8 Å². The van der Waals surface area contributed by atoms with Crippen molar-refractivity contribution >= 4 is 22.7 Å². The van der Waals surface area contributed by atoms with Crippen LogP contribution in [0, 0.1) is 16.0 Å². The van der Waals surface area contributed by atoms with Crippen molar-refractivity contribution in [2.24, 2.45) is 5.92 Å². The van der Waals surface area contributed by atoms with Gasteiger partial charge in [-0.25, -0.2) is 4.79 Å². The van der Waals surface area contributed by atoms with Crippen LogP contribution in [0.1, 0.15) is 37.9 Å². The molecular weight excluding hydrogens is 374 g/mol. The van der Waals surface area contributed by atoms with Crippen molar-refractivity contribution in [1.29, 1.82) is 0 Å². The maximum Gasteiger partial charge on any atom is 0.420 e. The lowest BCUT2D eigenvalue weighted by atomic mass is 10.00. The summed E-state index contributed by atoms with van der Waals surface area (Å²) < 4.78 is 6.21. The van der Waals surface area contributed by atoms with E-state index >= 15 is 0 Å². The molecule has 1 N–H and O–H groups in total. The lowest BCUT2D eigenvalue weighted by Gasteiger charge is -2.15. The number of nitrogens with zero attached hydrogens (tertiary/aromatic N) is 2. The first-order valence-electron chi connectivity index (χ1n) is 9.40. The minimum absolute atomic E-state index is 0.0748. The average Bonchev–Trinajstić information content (AvgIpc) is 2.96. The van der Waals surface area contributed by atoms with Crippen molar-refractivity contribution in [3.63, 3.8) is 0 Å². The molecule has 8 heteroatoms. The van der Waals surface area contributed by atoms with Gasteiger partial charge in [-0.05, 0) is 36.5 Å². The summed E-state index contributed by atoms with van der Waals surface area (Å²) in [7, 11) is 0. The maximum absolute atomic E-state index is 12.5. The highest BCUT2D eigenvalue weighted by Crippen LogP contribution is 2.20. The Morgan fingerprint density at radius 1 is 1.17 bits per heavy atom. The van der Waals surface area contributed by atoms with Gasteiger partial charge < -0.3 is 9.73 Å². The number of hydrogen-bond donors (Lipinski definition) is 1. The first-order valence-corrected chi connectivity index (χ1v) is 9.40. The number of nitro benzene ring substituents is 1. The highest BCUT2D eigenvalue weighted by molar-refractivity contribution is 5.80. The monoisotopic (exact) mass is 397 g/mol. The summed E-state index contributed by atoms with van der Waals surface area (Å²) in [5.74, 6) is -0.518. The van der Waals surface area contributed by atoms with Crippen molar-refractivity contribution in [1.82, 2.24) is 9.88 Å². The van der Waals surface area contributed by atoms with Crippen LogP contribution in [0.3, 0.4) is 0 Å². The van der Waals surface area contributed by atoms with Crippen molar-refractivity contribution in [2.75, 3.05) is 0 Å². The molecule has 8 nitrogen and oxygen atoms in total. The molecule has 3 aromatic rings. The van der Waals surface area contributed by atoms with E-state index in [1.807, 2.05) is 19.1 Å². The molecule has 0 unspecified atom stereocenters. The lowest BCUT2D eigenvalue weighted by Crippen LogP contribution is -2.32. The van der Waals surface area contributed by atoms with Crippen LogP contribution >= 0.6 is 0 Å². The summed E-state index contributed by atoms with van der Waals surface area (Å²) in [6.07, 6.45) is 0.996. The third kappa shape index (κ3) is 4.71. The number of nitrogens with one attached hydrogen (secondary N) is 1. The predicted octanol–water partition coefficient (Wildman–Crippen LogP) is 3.58. The molecule has 1 heterocycles. The van der Waals surface area contributed by atoms with Crippen LogP contribution in [0.25, 0.3) is 11.1 Å². The van der Waals surface area contributed by atoms with Crippen LogP contribution in [0.15, 0.2) is 51.7 Å². The summed E-state index contributed by atoms with van der Waals surface area (Å²) in [5, 5.41) is 13.7. The van der Waals surface area contributed by atoms with Crippen LogP contribution in [0.4, 0.5) is 5.69 Å². The zero-order valence-electron chi connectivity index (χ0n) is 16.5. The topological polar surface area (TPSA) is 107 Å². The third-order valence-corrected chi connectivity index (χ3v) is 4.67. The van der Waals surface area contributed by atoms with Crippen LogP contribution in [0.5, 0.6) is 0 Å². The molecule has 0 radical (unpaired) electrons. The van der Waals surface area contributed by atoms with Crippen molar-refractivity contribution in [3.05, 3.63) is 74.3 Å². The maximum atomic E-state index is 12.5. The Balaban J connectivity index is 1.71. The number of benzene rings is 2. The smallest absolute Gasteiger partial charge is 0.407 e. The Kier molecular flexibility index (Phi) is 5.81.